The third kappa shape index (κ3) is 16.4. The van der Waals surface area contributed by atoms with Crippen LogP contribution >= 0.6 is 15.0 Å². The van der Waals surface area contributed by atoms with Gasteiger partial charge in [0.2, 0.25) is 7.37 Å². The molecule has 0 aliphatic heterocycles. The molecule has 0 fully saturated rings. The molecule has 0 heterocycles. The first kappa shape index (κ1) is 26.8. The molecule has 160 valence electrons. The Labute approximate surface area is 165 Å². The van der Waals surface area contributed by atoms with Crippen LogP contribution in [0.5, 0.6) is 0 Å². The predicted molar refractivity (Wildman–Crippen MR) is 112 cm³/mol. The fourth-order valence-corrected chi connectivity index (χ4v) is 6.62. The SMILES string of the molecule is CCCCC/C(C)=C/CC/C(C)=C/COCP(=O)(CP(=O)(O)O)OC(C)C. The fourth-order valence-electron chi connectivity index (χ4n) is 2.57. The zero-order valence-electron chi connectivity index (χ0n) is 17.5. The number of hydrogen-bond donors (Lipinski definition) is 2. The fraction of sp³-hybridized carbons (Fsp3) is 0.789. The van der Waals surface area contributed by atoms with Crippen LogP contribution < -0.4 is 0 Å². The maximum absolute atomic E-state index is 12.6. The second-order valence-electron chi connectivity index (χ2n) is 7.37. The summed E-state index contributed by atoms with van der Waals surface area (Å²) < 4.78 is 34.4. The number of ether oxygens (including phenoxy) is 1. The van der Waals surface area contributed by atoms with E-state index in [2.05, 4.69) is 19.9 Å². The maximum atomic E-state index is 12.6. The van der Waals surface area contributed by atoms with Crippen LogP contribution in [-0.4, -0.2) is 34.7 Å². The van der Waals surface area contributed by atoms with Crippen molar-refractivity contribution in [3.05, 3.63) is 23.3 Å². The van der Waals surface area contributed by atoms with Gasteiger partial charge in [0.15, 0.2) is 0 Å². The van der Waals surface area contributed by atoms with Crippen LogP contribution in [0, 0.1) is 0 Å². The molecule has 0 aromatic heterocycles. The largest absolute Gasteiger partial charge is 0.367 e. The van der Waals surface area contributed by atoms with Crippen LogP contribution in [0.2, 0.25) is 0 Å². The lowest BCUT2D eigenvalue weighted by molar-refractivity contribution is 0.174. The van der Waals surface area contributed by atoms with Gasteiger partial charge in [-0.2, -0.15) is 0 Å². The minimum absolute atomic E-state index is 0.248. The smallest absolute Gasteiger partial charge is 0.335 e. The molecule has 0 rings (SSSR count). The molecule has 1 atom stereocenters. The van der Waals surface area contributed by atoms with Gasteiger partial charge in [-0.15, -0.1) is 0 Å². The molecule has 0 aromatic carbocycles. The molecule has 0 spiro atoms. The average Bonchev–Trinajstić information content (AvgIpc) is 2.49. The van der Waals surface area contributed by atoms with Crippen molar-refractivity contribution in [3.8, 4) is 0 Å². The maximum Gasteiger partial charge on any atom is 0.335 e. The van der Waals surface area contributed by atoms with E-state index >= 15 is 0 Å². The number of allylic oxidation sites excluding steroid dienone is 3. The highest BCUT2D eigenvalue weighted by molar-refractivity contribution is 7.73. The highest BCUT2D eigenvalue weighted by Crippen LogP contribution is 2.58. The summed E-state index contributed by atoms with van der Waals surface area (Å²) in [5, 5.41) is 0. The third-order valence-corrected chi connectivity index (χ3v) is 8.43. The average molecular weight is 424 g/mol. The Morgan fingerprint density at radius 3 is 2.22 bits per heavy atom. The summed E-state index contributed by atoms with van der Waals surface area (Å²) in [7, 11) is -7.96. The lowest BCUT2D eigenvalue weighted by Crippen LogP contribution is -2.09. The van der Waals surface area contributed by atoms with Gasteiger partial charge in [-0.3, -0.25) is 9.13 Å². The van der Waals surface area contributed by atoms with Gasteiger partial charge in [0.05, 0.1) is 12.7 Å². The van der Waals surface area contributed by atoms with Crippen molar-refractivity contribution in [1.82, 2.24) is 0 Å². The molecule has 27 heavy (non-hydrogen) atoms. The molecule has 8 heteroatoms. The molecule has 0 bridgehead atoms. The van der Waals surface area contributed by atoms with Gasteiger partial charge in [-0.1, -0.05) is 43.1 Å². The molecule has 0 saturated heterocycles. The van der Waals surface area contributed by atoms with E-state index in [4.69, 9.17) is 19.0 Å². The van der Waals surface area contributed by atoms with Crippen molar-refractivity contribution in [3.63, 3.8) is 0 Å². The first-order valence-corrected chi connectivity index (χ1v) is 13.5. The lowest BCUT2D eigenvalue weighted by atomic mass is 10.1. The highest BCUT2D eigenvalue weighted by Gasteiger charge is 2.33. The van der Waals surface area contributed by atoms with Gasteiger partial charge in [0, 0.05) is 0 Å². The van der Waals surface area contributed by atoms with Crippen LogP contribution in [0.4, 0.5) is 0 Å². The van der Waals surface area contributed by atoms with Crippen LogP contribution in [0.25, 0.3) is 0 Å². The normalized spacial score (nSPS) is 16.0. The molecule has 0 aliphatic carbocycles. The first-order valence-electron chi connectivity index (χ1n) is 9.67. The van der Waals surface area contributed by atoms with Gasteiger partial charge in [0.1, 0.15) is 12.3 Å². The van der Waals surface area contributed by atoms with E-state index in [1.165, 1.54) is 30.4 Å². The molecule has 0 aliphatic rings. The van der Waals surface area contributed by atoms with Crippen molar-refractivity contribution >= 4 is 15.0 Å². The van der Waals surface area contributed by atoms with Crippen LogP contribution in [-0.2, 0) is 18.4 Å². The minimum atomic E-state index is -4.44. The molecule has 0 aromatic rings. The Hall–Kier alpha value is -0.220. The number of unbranched alkanes of at least 4 members (excludes halogenated alkanes) is 2. The van der Waals surface area contributed by atoms with Gasteiger partial charge in [-0.25, -0.2) is 0 Å². The Morgan fingerprint density at radius 1 is 1.04 bits per heavy atom. The minimum Gasteiger partial charge on any atom is -0.367 e. The molecule has 1 unspecified atom stereocenters. The standard InChI is InChI=1S/C19H38O6P2/c1-6-7-8-10-18(4)11-9-12-19(5)13-14-24-15-26(20,25-17(2)3)16-27(21,22)23/h11,13,17H,6-10,12,14-16H2,1-5H3,(H2,21,22,23)/b18-11+,19-13+. The summed E-state index contributed by atoms with van der Waals surface area (Å²) >= 11 is 0. The lowest BCUT2D eigenvalue weighted by Gasteiger charge is -2.21. The van der Waals surface area contributed by atoms with Crippen LogP contribution in [0.15, 0.2) is 23.3 Å². The third-order valence-electron chi connectivity index (χ3n) is 3.85. The summed E-state index contributed by atoms with van der Waals surface area (Å²) in [6.07, 6.45) is 10.3. The van der Waals surface area contributed by atoms with E-state index in [0.717, 1.165) is 19.3 Å². The van der Waals surface area contributed by atoms with Crippen molar-refractivity contribution in [2.75, 3.05) is 18.9 Å². The summed E-state index contributed by atoms with van der Waals surface area (Å²) in [5.74, 6) is -0.789. The van der Waals surface area contributed by atoms with Crippen LogP contribution in [0.3, 0.4) is 0 Å². The predicted octanol–water partition coefficient (Wildman–Crippen LogP) is 6.05. The Balaban J connectivity index is 4.34. The van der Waals surface area contributed by atoms with Crippen molar-refractivity contribution in [1.29, 1.82) is 0 Å². The van der Waals surface area contributed by atoms with E-state index in [9.17, 15) is 9.13 Å². The number of hydrogen-bond acceptors (Lipinski definition) is 4. The van der Waals surface area contributed by atoms with Gasteiger partial charge < -0.3 is 19.0 Å². The summed E-state index contributed by atoms with van der Waals surface area (Å²) in [6.45, 7) is 9.99. The topological polar surface area (TPSA) is 93.1 Å². The van der Waals surface area contributed by atoms with Crippen molar-refractivity contribution < 1.29 is 28.2 Å². The molecule has 0 radical (unpaired) electrons. The molecule has 0 saturated carbocycles. The zero-order valence-corrected chi connectivity index (χ0v) is 19.3. The Bertz CT molecular complexity index is 563. The van der Waals surface area contributed by atoms with Crippen molar-refractivity contribution in [2.24, 2.45) is 0 Å². The highest BCUT2D eigenvalue weighted by atomic mass is 31.2. The summed E-state index contributed by atoms with van der Waals surface area (Å²) in [5.41, 5.74) is 2.60. The van der Waals surface area contributed by atoms with Gasteiger partial charge >= 0.3 is 7.60 Å². The van der Waals surface area contributed by atoms with E-state index in [-0.39, 0.29) is 13.0 Å². The monoisotopic (exact) mass is 424 g/mol. The second kappa shape index (κ2) is 13.9. The summed E-state index contributed by atoms with van der Waals surface area (Å²) in [6, 6.07) is 0. The van der Waals surface area contributed by atoms with E-state index in [0.29, 0.717) is 0 Å². The molecule has 6 nitrogen and oxygen atoms in total. The first-order chi connectivity index (χ1) is 12.5. The molecular formula is C19H38O6P2. The van der Waals surface area contributed by atoms with Crippen LogP contribution in [0.1, 0.15) is 73.1 Å². The van der Waals surface area contributed by atoms with E-state index in [1.54, 1.807) is 13.8 Å². The second-order valence-corrected chi connectivity index (χ2v) is 11.9. The van der Waals surface area contributed by atoms with E-state index in [1.807, 2.05) is 13.0 Å². The Morgan fingerprint density at radius 2 is 1.67 bits per heavy atom. The van der Waals surface area contributed by atoms with E-state index < -0.39 is 27.0 Å². The van der Waals surface area contributed by atoms with Gasteiger partial charge in [0.25, 0.3) is 0 Å². The van der Waals surface area contributed by atoms with Crippen molar-refractivity contribution in [2.45, 2.75) is 79.2 Å². The van der Waals surface area contributed by atoms with Gasteiger partial charge in [-0.05, 0) is 53.4 Å². The molecule has 2 N–H and O–H groups in total. The number of rotatable bonds is 15. The Kier molecular flexibility index (Phi) is 13.8. The zero-order chi connectivity index (χ0) is 20.9. The molecule has 0 amide bonds. The summed E-state index contributed by atoms with van der Waals surface area (Å²) in [4.78, 5) is 18.2. The molecular weight excluding hydrogens is 386 g/mol. The quantitative estimate of drug-likeness (QED) is 0.189.